The lowest BCUT2D eigenvalue weighted by atomic mass is 10.0. The molecule has 0 saturated carbocycles. The van der Waals surface area contributed by atoms with E-state index in [1.165, 1.54) is 0 Å². The Morgan fingerprint density at radius 1 is 1.33 bits per heavy atom. The van der Waals surface area contributed by atoms with Crippen LogP contribution in [0.4, 0.5) is 4.79 Å². The lowest BCUT2D eigenvalue weighted by Crippen LogP contribution is -2.36. The zero-order valence-corrected chi connectivity index (χ0v) is 15.0. The molecule has 2 rings (SSSR count). The summed E-state index contributed by atoms with van der Waals surface area (Å²) in [6.45, 7) is 0. The maximum atomic E-state index is 11.1. The summed E-state index contributed by atoms with van der Waals surface area (Å²) in [5, 5.41) is 22.9. The number of hydrogen-bond donors (Lipinski definition) is 6. The minimum absolute atomic E-state index is 0.0640. The number of carboxylic acid groups (broad SMARTS) is 2. The molecular formula is C14H25N3O5S2. The molecule has 138 valence electrons. The van der Waals surface area contributed by atoms with Crippen LogP contribution in [-0.2, 0) is 9.59 Å². The molecule has 0 unspecified atom stereocenters. The number of carbonyl (C=O) groups excluding carboxylic acids is 1. The van der Waals surface area contributed by atoms with Crippen LogP contribution in [0.25, 0.3) is 0 Å². The highest BCUT2D eigenvalue weighted by atomic mass is 32.2. The second-order valence-corrected chi connectivity index (χ2v) is 7.44. The number of unbranched alkanes of at least 4 members (excludes halogenated alkanes) is 1. The molecule has 2 aliphatic rings. The average Bonchev–Trinajstić information content (AvgIpc) is 3.04. The highest BCUT2D eigenvalue weighted by Gasteiger charge is 2.42. The molecule has 4 atom stereocenters. The average molecular weight is 380 g/mol. The van der Waals surface area contributed by atoms with Gasteiger partial charge in [0.05, 0.1) is 12.1 Å². The van der Waals surface area contributed by atoms with E-state index in [0.717, 1.165) is 25.0 Å². The summed E-state index contributed by atoms with van der Waals surface area (Å²) in [5.41, 5.74) is 5.08. The summed E-state index contributed by atoms with van der Waals surface area (Å²) < 4.78 is 0. The predicted molar refractivity (Wildman–Crippen MR) is 95.7 cm³/mol. The monoisotopic (exact) mass is 379 g/mol. The first-order valence-corrected chi connectivity index (χ1v) is 9.53. The number of amides is 2. The third-order valence-corrected chi connectivity index (χ3v) is 5.59. The summed E-state index contributed by atoms with van der Waals surface area (Å²) in [4.78, 5) is 31.4. The Morgan fingerprint density at radius 3 is 2.58 bits per heavy atom. The van der Waals surface area contributed by atoms with Gasteiger partial charge in [0.15, 0.2) is 0 Å². The van der Waals surface area contributed by atoms with Crippen LogP contribution in [-0.4, -0.2) is 63.1 Å². The van der Waals surface area contributed by atoms with Crippen molar-refractivity contribution in [1.82, 2.24) is 10.6 Å². The SMILES string of the molecule is N[C@@H](CCS)C(=O)O.O=C(O)CCCC[C@@H]1SC[C@@H]2NC(=O)N[C@@H]21. The number of nitrogens with one attached hydrogen (secondary N) is 2. The highest BCUT2D eigenvalue weighted by molar-refractivity contribution is 8.00. The second kappa shape index (κ2) is 10.7. The van der Waals surface area contributed by atoms with E-state index in [9.17, 15) is 14.4 Å². The quantitative estimate of drug-likeness (QED) is 0.205. The third-order valence-electron chi connectivity index (χ3n) is 3.82. The van der Waals surface area contributed by atoms with Crippen molar-refractivity contribution >= 4 is 42.4 Å². The largest absolute Gasteiger partial charge is 0.481 e. The Balaban J connectivity index is 0.000000307. The molecule has 6 N–H and O–H groups in total. The molecule has 0 aromatic carbocycles. The Morgan fingerprint density at radius 2 is 2.04 bits per heavy atom. The smallest absolute Gasteiger partial charge is 0.320 e. The molecule has 2 fully saturated rings. The van der Waals surface area contributed by atoms with Crippen LogP contribution in [0.15, 0.2) is 0 Å². The minimum atomic E-state index is -0.959. The zero-order valence-electron chi connectivity index (χ0n) is 13.3. The van der Waals surface area contributed by atoms with Crippen molar-refractivity contribution in [3.05, 3.63) is 0 Å². The summed E-state index contributed by atoms with van der Waals surface area (Å²) in [5.74, 6) is -0.202. The lowest BCUT2D eigenvalue weighted by molar-refractivity contribution is -0.139. The van der Waals surface area contributed by atoms with Crippen LogP contribution >= 0.6 is 24.4 Å². The number of carboxylic acids is 2. The molecule has 2 amide bonds. The highest BCUT2D eigenvalue weighted by Crippen LogP contribution is 2.33. The van der Waals surface area contributed by atoms with Crippen LogP contribution in [0.5, 0.6) is 0 Å². The Kier molecular flexibility index (Phi) is 9.30. The summed E-state index contributed by atoms with van der Waals surface area (Å²) in [6, 6.07) is -0.303. The van der Waals surface area contributed by atoms with Crippen LogP contribution in [0, 0.1) is 0 Å². The van der Waals surface area contributed by atoms with Crippen LogP contribution in [0.2, 0.25) is 0 Å². The number of hydrogen-bond acceptors (Lipinski definition) is 6. The zero-order chi connectivity index (χ0) is 18.1. The molecule has 0 radical (unpaired) electrons. The van der Waals surface area contributed by atoms with Crippen LogP contribution in [0.1, 0.15) is 32.1 Å². The van der Waals surface area contributed by atoms with E-state index in [1.54, 1.807) is 0 Å². The first-order chi connectivity index (χ1) is 11.3. The van der Waals surface area contributed by atoms with Gasteiger partial charge in [-0.1, -0.05) is 6.42 Å². The van der Waals surface area contributed by atoms with Crippen molar-refractivity contribution in [2.45, 2.75) is 55.5 Å². The van der Waals surface area contributed by atoms with Crippen molar-refractivity contribution < 1.29 is 24.6 Å². The number of carbonyl (C=O) groups is 3. The van der Waals surface area contributed by atoms with Crippen LogP contribution in [0.3, 0.4) is 0 Å². The van der Waals surface area contributed by atoms with Gasteiger partial charge in [-0.05, 0) is 25.0 Å². The van der Waals surface area contributed by atoms with Crippen molar-refractivity contribution in [2.75, 3.05) is 11.5 Å². The molecule has 2 saturated heterocycles. The van der Waals surface area contributed by atoms with Crippen molar-refractivity contribution in [3.8, 4) is 0 Å². The molecule has 2 heterocycles. The minimum Gasteiger partial charge on any atom is -0.481 e. The van der Waals surface area contributed by atoms with Gasteiger partial charge in [0.2, 0.25) is 0 Å². The van der Waals surface area contributed by atoms with E-state index in [4.69, 9.17) is 15.9 Å². The van der Waals surface area contributed by atoms with E-state index in [2.05, 4.69) is 23.3 Å². The van der Waals surface area contributed by atoms with E-state index >= 15 is 0 Å². The summed E-state index contributed by atoms with van der Waals surface area (Å²) >= 11 is 5.68. The molecule has 0 aromatic rings. The standard InChI is InChI=1S/C10H16N2O3S.C4H9NO2S/c13-8(14)4-2-1-3-7-9-6(5-16-7)11-10(15)12-9;5-3(1-2-8)4(6)7/h6-7,9H,1-5H2,(H,13,14)(H2,11,12,15);3,8H,1-2,5H2,(H,6,7)/t6-,7-,9-;3-/m00/s1. The van der Waals surface area contributed by atoms with Crippen molar-refractivity contribution in [3.63, 3.8) is 0 Å². The molecule has 0 bridgehead atoms. The number of fused-ring (bicyclic) bond motifs is 1. The normalized spacial score (nSPS) is 25.8. The van der Waals surface area contributed by atoms with Crippen molar-refractivity contribution in [2.24, 2.45) is 5.73 Å². The van der Waals surface area contributed by atoms with Crippen LogP contribution < -0.4 is 16.4 Å². The number of urea groups is 1. The maximum Gasteiger partial charge on any atom is 0.320 e. The number of thiol groups is 1. The second-order valence-electron chi connectivity index (χ2n) is 5.72. The van der Waals surface area contributed by atoms with Gasteiger partial charge in [-0.15, -0.1) is 0 Å². The molecule has 0 spiro atoms. The number of nitrogens with two attached hydrogens (primary N) is 1. The fourth-order valence-corrected chi connectivity index (χ4v) is 4.35. The fourth-order valence-electron chi connectivity index (χ4n) is 2.53. The van der Waals surface area contributed by atoms with Gasteiger partial charge >= 0.3 is 18.0 Å². The summed E-state index contributed by atoms with van der Waals surface area (Å²) in [6.07, 6.45) is 3.31. The number of thioether (sulfide) groups is 1. The van der Waals surface area contributed by atoms with Gasteiger partial charge in [0.1, 0.15) is 6.04 Å². The molecule has 0 aromatic heterocycles. The third kappa shape index (κ3) is 7.18. The topological polar surface area (TPSA) is 142 Å². The Bertz CT molecular complexity index is 452. The Labute approximate surface area is 150 Å². The molecule has 10 heteroatoms. The summed E-state index contributed by atoms with van der Waals surface area (Å²) in [7, 11) is 0. The Hall–Kier alpha value is -1.13. The van der Waals surface area contributed by atoms with Gasteiger partial charge in [-0.3, -0.25) is 9.59 Å². The van der Waals surface area contributed by atoms with Gasteiger partial charge in [-0.2, -0.15) is 24.4 Å². The predicted octanol–water partition coefficient (Wildman–Crippen LogP) is 0.515. The molecule has 0 aliphatic carbocycles. The fraction of sp³-hybridized carbons (Fsp3) is 0.786. The number of rotatable bonds is 8. The molecular weight excluding hydrogens is 354 g/mol. The van der Waals surface area contributed by atoms with E-state index < -0.39 is 18.0 Å². The molecule has 2 aliphatic heterocycles. The van der Waals surface area contributed by atoms with Gasteiger partial charge in [0, 0.05) is 17.4 Å². The number of aliphatic carboxylic acids is 2. The maximum absolute atomic E-state index is 11.1. The van der Waals surface area contributed by atoms with Gasteiger partial charge in [0.25, 0.3) is 0 Å². The molecule has 8 nitrogen and oxygen atoms in total. The first kappa shape index (κ1) is 20.9. The van der Waals surface area contributed by atoms with E-state index in [0.29, 0.717) is 17.4 Å². The van der Waals surface area contributed by atoms with Gasteiger partial charge < -0.3 is 26.6 Å². The van der Waals surface area contributed by atoms with Gasteiger partial charge in [-0.25, -0.2) is 4.79 Å². The van der Waals surface area contributed by atoms with E-state index in [1.807, 2.05) is 11.8 Å². The van der Waals surface area contributed by atoms with Crippen molar-refractivity contribution in [1.29, 1.82) is 0 Å². The van der Waals surface area contributed by atoms with E-state index in [-0.39, 0.29) is 24.5 Å². The lowest BCUT2D eigenvalue weighted by Gasteiger charge is -2.16. The molecule has 24 heavy (non-hydrogen) atoms. The first-order valence-electron chi connectivity index (χ1n) is 7.84.